The number of nitrogens with zero attached hydrogens (tertiary/aromatic N) is 1. The summed E-state index contributed by atoms with van der Waals surface area (Å²) in [5.41, 5.74) is 1.01. The molecule has 11 heteroatoms. The molecule has 0 aliphatic heterocycles. The van der Waals surface area contributed by atoms with Crippen molar-refractivity contribution >= 4 is 22.0 Å². The maximum atomic E-state index is 12.9. The first kappa shape index (κ1) is 32.0. The summed E-state index contributed by atoms with van der Waals surface area (Å²) >= 11 is 0. The van der Waals surface area contributed by atoms with E-state index < -0.39 is 40.6 Å². The van der Waals surface area contributed by atoms with Gasteiger partial charge in [0.2, 0.25) is 10.0 Å². The van der Waals surface area contributed by atoms with E-state index in [1.165, 1.54) is 50.7 Å². The molecule has 0 unspecified atom stereocenters. The van der Waals surface area contributed by atoms with E-state index in [-0.39, 0.29) is 15.9 Å². The first-order chi connectivity index (χ1) is 16.6. The number of ether oxygens (including phenoxy) is 1. The number of aryl methyl sites for hydroxylation is 1. The number of rotatable bonds is 16. The van der Waals surface area contributed by atoms with Gasteiger partial charge in [0.25, 0.3) is 0 Å². The van der Waals surface area contributed by atoms with Gasteiger partial charge in [0.05, 0.1) is 45.0 Å². The average molecular weight is 538 g/mol. The van der Waals surface area contributed by atoms with Crippen LogP contribution in [-0.2, 0) is 30.8 Å². The standard InChI is InChI=1S/C25H40F3N2O5S/c1-5-6-7-8-9-10-11-12-13-20-14-16-22(17-15-20)36(33,34)29-21(19-30(2,3)4)18-23(31)35-24(32)25(26,27)28/h14-17,21,29H,5-13,18-19H2,1-4H3/q+1/t21-/m1/s1. The summed E-state index contributed by atoms with van der Waals surface area (Å²) in [5, 5.41) is 0. The summed E-state index contributed by atoms with van der Waals surface area (Å²) in [6, 6.07) is 5.33. The third kappa shape index (κ3) is 13.4. The van der Waals surface area contributed by atoms with Gasteiger partial charge in [-0.05, 0) is 30.5 Å². The number of quaternary nitrogens is 1. The molecule has 7 nitrogen and oxygen atoms in total. The number of hydrogen-bond donors (Lipinski definition) is 1. The lowest BCUT2D eigenvalue weighted by Crippen LogP contribution is -2.50. The maximum absolute atomic E-state index is 12.9. The average Bonchev–Trinajstić information content (AvgIpc) is 2.73. The fourth-order valence-corrected chi connectivity index (χ4v) is 5.02. The van der Waals surface area contributed by atoms with E-state index in [2.05, 4.69) is 16.4 Å². The van der Waals surface area contributed by atoms with Crippen molar-refractivity contribution in [1.29, 1.82) is 0 Å². The molecule has 0 aliphatic rings. The maximum Gasteiger partial charge on any atom is 0.491 e. The number of carbonyl (C=O) groups excluding carboxylic acids is 2. The summed E-state index contributed by atoms with van der Waals surface area (Å²) in [6.45, 7) is 2.27. The Balaban J connectivity index is 2.71. The molecule has 1 rings (SSSR count). The summed E-state index contributed by atoms with van der Waals surface area (Å²) in [7, 11) is 1.12. The van der Waals surface area contributed by atoms with Crippen molar-refractivity contribution in [3.05, 3.63) is 29.8 Å². The first-order valence-electron chi connectivity index (χ1n) is 12.4. The van der Waals surface area contributed by atoms with Crippen LogP contribution in [0.3, 0.4) is 0 Å². The highest BCUT2D eigenvalue weighted by atomic mass is 32.2. The minimum absolute atomic E-state index is 0.0201. The molecule has 0 heterocycles. The van der Waals surface area contributed by atoms with Crippen LogP contribution in [0.15, 0.2) is 29.2 Å². The highest BCUT2D eigenvalue weighted by molar-refractivity contribution is 7.89. The number of nitrogens with one attached hydrogen (secondary N) is 1. The minimum atomic E-state index is -5.32. The van der Waals surface area contributed by atoms with Crippen molar-refractivity contribution in [2.24, 2.45) is 0 Å². The Morgan fingerprint density at radius 3 is 1.97 bits per heavy atom. The Morgan fingerprint density at radius 1 is 0.944 bits per heavy atom. The number of benzene rings is 1. The van der Waals surface area contributed by atoms with Crippen molar-refractivity contribution in [3.8, 4) is 0 Å². The number of esters is 2. The van der Waals surface area contributed by atoms with Crippen molar-refractivity contribution < 1.29 is 40.4 Å². The second-order valence-corrected chi connectivity index (χ2v) is 11.8. The van der Waals surface area contributed by atoms with Crippen LogP contribution < -0.4 is 4.72 Å². The Hall–Kier alpha value is -1.98. The van der Waals surface area contributed by atoms with E-state index in [1.807, 2.05) is 0 Å². The molecule has 0 saturated carbocycles. The van der Waals surface area contributed by atoms with Crippen molar-refractivity contribution in [1.82, 2.24) is 4.72 Å². The summed E-state index contributed by atoms with van der Waals surface area (Å²) in [4.78, 5) is 22.8. The van der Waals surface area contributed by atoms with E-state index in [1.54, 1.807) is 33.3 Å². The van der Waals surface area contributed by atoms with Gasteiger partial charge in [-0.2, -0.15) is 13.2 Å². The first-order valence-corrected chi connectivity index (χ1v) is 13.9. The number of unbranched alkanes of at least 4 members (excludes halogenated alkanes) is 7. The minimum Gasteiger partial charge on any atom is -0.386 e. The van der Waals surface area contributed by atoms with Crippen molar-refractivity contribution in [3.63, 3.8) is 0 Å². The topological polar surface area (TPSA) is 89.5 Å². The molecule has 0 fully saturated rings. The van der Waals surface area contributed by atoms with E-state index in [9.17, 15) is 31.2 Å². The number of carbonyl (C=O) groups is 2. The molecule has 0 bridgehead atoms. The second kappa shape index (κ2) is 14.7. The zero-order valence-electron chi connectivity index (χ0n) is 21.7. The van der Waals surface area contributed by atoms with Crippen LogP contribution in [0.5, 0.6) is 0 Å². The highest BCUT2D eigenvalue weighted by Gasteiger charge is 2.43. The molecule has 0 spiro atoms. The third-order valence-electron chi connectivity index (χ3n) is 5.49. The molecule has 0 aromatic heterocycles. The molecule has 0 saturated heterocycles. The molecular weight excluding hydrogens is 497 g/mol. The van der Waals surface area contributed by atoms with Crippen LogP contribution >= 0.6 is 0 Å². The Labute approximate surface area is 213 Å². The van der Waals surface area contributed by atoms with Crippen LogP contribution in [0, 0.1) is 0 Å². The number of likely N-dealkylation sites (N-methyl/N-ethyl adjacent to an activating group) is 1. The van der Waals surface area contributed by atoms with Crippen LogP contribution in [-0.4, -0.2) is 64.7 Å². The van der Waals surface area contributed by atoms with Crippen molar-refractivity contribution in [2.75, 3.05) is 27.7 Å². The van der Waals surface area contributed by atoms with Crippen LogP contribution in [0.1, 0.15) is 70.3 Å². The van der Waals surface area contributed by atoms with Crippen LogP contribution in [0.2, 0.25) is 0 Å². The molecule has 1 N–H and O–H groups in total. The second-order valence-electron chi connectivity index (χ2n) is 10.1. The quantitative estimate of drug-likeness (QED) is 0.142. The SMILES string of the molecule is CCCCCCCCCCc1ccc(S(=O)(=O)N[C@H](CC(=O)OC(=O)C(F)(F)F)C[N+](C)(C)C)cc1. The predicted octanol–water partition coefficient (Wildman–Crippen LogP) is 4.75. The zero-order chi connectivity index (χ0) is 27.4. The van der Waals surface area contributed by atoms with Crippen molar-refractivity contribution in [2.45, 2.75) is 88.2 Å². The molecular formula is C25H40F3N2O5S+. The smallest absolute Gasteiger partial charge is 0.386 e. The molecule has 0 amide bonds. The Kier molecular flexibility index (Phi) is 13.1. The number of sulfonamides is 1. The van der Waals surface area contributed by atoms with Gasteiger partial charge in [-0.15, -0.1) is 0 Å². The Bertz CT molecular complexity index is 926. The molecule has 36 heavy (non-hydrogen) atoms. The molecule has 206 valence electrons. The van der Waals surface area contributed by atoms with E-state index in [0.29, 0.717) is 0 Å². The van der Waals surface area contributed by atoms with E-state index in [4.69, 9.17) is 0 Å². The normalized spacial score (nSPS) is 13.4. The van der Waals surface area contributed by atoms with Crippen LogP contribution in [0.25, 0.3) is 0 Å². The molecule has 0 aliphatic carbocycles. The molecule has 1 aromatic carbocycles. The summed E-state index contributed by atoms with van der Waals surface area (Å²) in [5.74, 6) is -4.09. The van der Waals surface area contributed by atoms with E-state index >= 15 is 0 Å². The highest BCUT2D eigenvalue weighted by Crippen LogP contribution is 2.18. The number of halogens is 3. The number of alkyl halides is 3. The monoisotopic (exact) mass is 537 g/mol. The van der Waals surface area contributed by atoms with Crippen LogP contribution in [0.4, 0.5) is 13.2 Å². The molecule has 0 radical (unpaired) electrons. The summed E-state index contributed by atoms with van der Waals surface area (Å²) in [6.07, 6.45) is 4.40. The largest absolute Gasteiger partial charge is 0.491 e. The third-order valence-corrected chi connectivity index (χ3v) is 7.03. The number of hydrogen-bond acceptors (Lipinski definition) is 5. The fourth-order valence-electron chi connectivity index (χ4n) is 3.79. The fraction of sp³-hybridized carbons (Fsp3) is 0.680. The molecule has 1 atom stereocenters. The lowest BCUT2D eigenvalue weighted by Gasteiger charge is -2.29. The summed E-state index contributed by atoms with van der Waals surface area (Å²) < 4.78 is 69.3. The van der Waals surface area contributed by atoms with Gasteiger partial charge in [-0.25, -0.2) is 17.9 Å². The van der Waals surface area contributed by atoms with Gasteiger partial charge >= 0.3 is 18.1 Å². The lowest BCUT2D eigenvalue weighted by molar-refractivity contribution is -0.871. The van der Waals surface area contributed by atoms with E-state index in [0.717, 1.165) is 24.8 Å². The van der Waals surface area contributed by atoms with Gasteiger partial charge in [-0.1, -0.05) is 64.0 Å². The van der Waals surface area contributed by atoms with Gasteiger partial charge in [0.15, 0.2) is 0 Å². The lowest BCUT2D eigenvalue weighted by atomic mass is 10.0. The predicted molar refractivity (Wildman–Crippen MR) is 132 cm³/mol. The van der Waals surface area contributed by atoms with Gasteiger partial charge < -0.3 is 9.22 Å². The Morgan fingerprint density at radius 2 is 1.47 bits per heavy atom. The molecule has 1 aromatic rings. The van der Waals surface area contributed by atoms with Gasteiger partial charge in [-0.3, -0.25) is 4.79 Å². The zero-order valence-corrected chi connectivity index (χ0v) is 22.5. The van der Waals surface area contributed by atoms with Gasteiger partial charge in [0.1, 0.15) is 0 Å². The van der Waals surface area contributed by atoms with Gasteiger partial charge in [0, 0.05) is 0 Å².